The lowest BCUT2D eigenvalue weighted by Gasteiger charge is -2.11. The summed E-state index contributed by atoms with van der Waals surface area (Å²) < 4.78 is 6.42. The first-order valence-electron chi connectivity index (χ1n) is 5.58. The molecule has 0 bridgehead atoms. The van der Waals surface area contributed by atoms with E-state index >= 15 is 0 Å². The standard InChI is InChI=1S/C12H13N3O4/c1-19-7-9(12(17)18)14-11(16)8-6-15-5-3-2-4-10(15)13-8/h2-6,9H,7H2,1H3,(H,14,16)(H,17,18). The van der Waals surface area contributed by atoms with Crippen molar-refractivity contribution in [2.75, 3.05) is 13.7 Å². The molecule has 100 valence electrons. The minimum Gasteiger partial charge on any atom is -0.480 e. The molecule has 0 saturated heterocycles. The van der Waals surface area contributed by atoms with E-state index in [1.165, 1.54) is 13.3 Å². The van der Waals surface area contributed by atoms with Crippen molar-refractivity contribution in [3.8, 4) is 0 Å². The highest BCUT2D eigenvalue weighted by Crippen LogP contribution is 2.04. The summed E-state index contributed by atoms with van der Waals surface area (Å²) in [5, 5.41) is 11.3. The lowest BCUT2D eigenvalue weighted by molar-refractivity contribution is -0.140. The van der Waals surface area contributed by atoms with Crippen molar-refractivity contribution in [3.63, 3.8) is 0 Å². The average molecular weight is 263 g/mol. The molecule has 1 atom stereocenters. The predicted molar refractivity (Wildman–Crippen MR) is 66.0 cm³/mol. The zero-order valence-corrected chi connectivity index (χ0v) is 10.2. The van der Waals surface area contributed by atoms with Gasteiger partial charge in [-0.15, -0.1) is 0 Å². The van der Waals surface area contributed by atoms with E-state index in [-0.39, 0.29) is 12.3 Å². The largest absolute Gasteiger partial charge is 0.480 e. The molecular weight excluding hydrogens is 250 g/mol. The Morgan fingerprint density at radius 3 is 2.95 bits per heavy atom. The van der Waals surface area contributed by atoms with Gasteiger partial charge in [-0.05, 0) is 12.1 Å². The van der Waals surface area contributed by atoms with Gasteiger partial charge >= 0.3 is 5.97 Å². The van der Waals surface area contributed by atoms with Crippen molar-refractivity contribution in [3.05, 3.63) is 36.3 Å². The maximum absolute atomic E-state index is 11.9. The smallest absolute Gasteiger partial charge is 0.328 e. The molecule has 2 rings (SSSR count). The quantitative estimate of drug-likeness (QED) is 0.801. The van der Waals surface area contributed by atoms with E-state index in [0.29, 0.717) is 5.65 Å². The number of fused-ring (bicyclic) bond motifs is 1. The summed E-state index contributed by atoms with van der Waals surface area (Å²) in [7, 11) is 1.37. The fourth-order valence-corrected chi connectivity index (χ4v) is 1.62. The highest BCUT2D eigenvalue weighted by atomic mass is 16.5. The highest BCUT2D eigenvalue weighted by molar-refractivity contribution is 5.95. The molecule has 0 aliphatic heterocycles. The van der Waals surface area contributed by atoms with E-state index in [1.807, 2.05) is 0 Å². The first kappa shape index (κ1) is 13.0. The third kappa shape index (κ3) is 2.89. The Bertz CT molecular complexity index is 575. The molecule has 0 aliphatic rings. The fraction of sp³-hybridized carbons (Fsp3) is 0.250. The lowest BCUT2D eigenvalue weighted by atomic mass is 10.3. The maximum atomic E-state index is 11.9. The summed E-state index contributed by atoms with van der Waals surface area (Å²) in [4.78, 5) is 26.9. The normalized spacial score (nSPS) is 12.3. The number of carboxylic acid groups (broad SMARTS) is 1. The molecule has 1 amide bonds. The predicted octanol–water partition coefficient (Wildman–Crippen LogP) is 0.164. The molecule has 0 saturated carbocycles. The van der Waals surface area contributed by atoms with Crippen LogP contribution in [0.25, 0.3) is 5.65 Å². The molecule has 2 aromatic heterocycles. The molecule has 7 nitrogen and oxygen atoms in total. The maximum Gasteiger partial charge on any atom is 0.328 e. The Balaban J connectivity index is 2.16. The number of amides is 1. The number of methoxy groups -OCH3 is 1. The Kier molecular flexibility index (Phi) is 3.76. The summed E-state index contributed by atoms with van der Waals surface area (Å²) in [5.74, 6) is -1.70. The second-order valence-corrected chi connectivity index (χ2v) is 3.91. The summed E-state index contributed by atoms with van der Waals surface area (Å²) >= 11 is 0. The average Bonchev–Trinajstić information content (AvgIpc) is 2.81. The van der Waals surface area contributed by atoms with E-state index < -0.39 is 17.9 Å². The molecule has 2 N–H and O–H groups in total. The minimum atomic E-state index is -1.15. The number of rotatable bonds is 5. The summed E-state index contributed by atoms with van der Waals surface area (Å²) in [5.41, 5.74) is 0.778. The third-order valence-corrected chi connectivity index (χ3v) is 2.53. The van der Waals surface area contributed by atoms with Gasteiger partial charge in [0.15, 0.2) is 6.04 Å². The van der Waals surface area contributed by atoms with E-state index in [2.05, 4.69) is 10.3 Å². The van der Waals surface area contributed by atoms with Crippen LogP contribution in [0.2, 0.25) is 0 Å². The number of nitrogens with one attached hydrogen (secondary N) is 1. The number of hydrogen-bond acceptors (Lipinski definition) is 4. The highest BCUT2D eigenvalue weighted by Gasteiger charge is 2.21. The Hall–Kier alpha value is -2.41. The van der Waals surface area contributed by atoms with Gasteiger partial charge in [-0.1, -0.05) is 6.07 Å². The monoisotopic (exact) mass is 263 g/mol. The van der Waals surface area contributed by atoms with Crippen molar-refractivity contribution in [2.24, 2.45) is 0 Å². The Morgan fingerprint density at radius 1 is 1.53 bits per heavy atom. The number of ether oxygens (including phenoxy) is 1. The second kappa shape index (κ2) is 5.49. The fourth-order valence-electron chi connectivity index (χ4n) is 1.62. The van der Waals surface area contributed by atoms with E-state index in [4.69, 9.17) is 9.84 Å². The van der Waals surface area contributed by atoms with Crippen LogP contribution in [-0.4, -0.2) is 46.1 Å². The van der Waals surface area contributed by atoms with Crippen LogP contribution in [0.1, 0.15) is 10.5 Å². The van der Waals surface area contributed by atoms with Crippen molar-refractivity contribution in [1.82, 2.24) is 14.7 Å². The number of aromatic nitrogens is 2. The third-order valence-electron chi connectivity index (χ3n) is 2.53. The van der Waals surface area contributed by atoms with Crippen molar-refractivity contribution >= 4 is 17.5 Å². The Labute approximate surface area is 108 Å². The van der Waals surface area contributed by atoms with Crippen molar-refractivity contribution < 1.29 is 19.4 Å². The van der Waals surface area contributed by atoms with Crippen LogP contribution < -0.4 is 5.32 Å². The first-order chi connectivity index (χ1) is 9.11. The zero-order chi connectivity index (χ0) is 13.8. The molecule has 2 heterocycles. The van der Waals surface area contributed by atoms with Gasteiger partial charge in [0, 0.05) is 19.5 Å². The second-order valence-electron chi connectivity index (χ2n) is 3.91. The number of pyridine rings is 1. The molecular formula is C12H13N3O4. The number of nitrogens with zero attached hydrogens (tertiary/aromatic N) is 2. The van der Waals surface area contributed by atoms with Crippen molar-refractivity contribution in [1.29, 1.82) is 0 Å². The summed E-state index contributed by atoms with van der Waals surface area (Å²) in [6.07, 6.45) is 3.29. The van der Waals surface area contributed by atoms with Gasteiger partial charge in [-0.3, -0.25) is 4.79 Å². The lowest BCUT2D eigenvalue weighted by Crippen LogP contribution is -2.43. The summed E-state index contributed by atoms with van der Waals surface area (Å²) in [6.45, 7) is -0.103. The topological polar surface area (TPSA) is 92.9 Å². The number of carboxylic acids is 1. The SMILES string of the molecule is COCC(NC(=O)c1cn2ccccc2n1)C(=O)O. The van der Waals surface area contributed by atoms with Crippen LogP contribution in [0.15, 0.2) is 30.6 Å². The molecule has 0 fully saturated rings. The van der Waals surface area contributed by atoms with Gasteiger partial charge in [0.25, 0.3) is 5.91 Å². The molecule has 0 spiro atoms. The van der Waals surface area contributed by atoms with Gasteiger partial charge in [0.2, 0.25) is 0 Å². The van der Waals surface area contributed by atoms with Crippen LogP contribution in [0.4, 0.5) is 0 Å². The number of aliphatic carboxylic acids is 1. The van der Waals surface area contributed by atoms with Gasteiger partial charge in [0.1, 0.15) is 11.3 Å². The van der Waals surface area contributed by atoms with Gasteiger partial charge in [-0.2, -0.15) is 0 Å². The molecule has 0 radical (unpaired) electrons. The minimum absolute atomic E-state index is 0.103. The van der Waals surface area contributed by atoms with Gasteiger partial charge in [0.05, 0.1) is 6.61 Å². The van der Waals surface area contributed by atoms with E-state index in [0.717, 1.165) is 0 Å². The van der Waals surface area contributed by atoms with Crippen LogP contribution in [0.5, 0.6) is 0 Å². The van der Waals surface area contributed by atoms with Crippen LogP contribution in [0.3, 0.4) is 0 Å². The summed E-state index contributed by atoms with van der Waals surface area (Å²) in [6, 6.07) is 4.26. The molecule has 0 aromatic carbocycles. The number of carbonyl (C=O) groups excluding carboxylic acids is 1. The molecule has 0 aliphatic carbocycles. The number of hydrogen-bond donors (Lipinski definition) is 2. The molecule has 7 heteroatoms. The van der Waals surface area contributed by atoms with Crippen LogP contribution in [-0.2, 0) is 9.53 Å². The van der Waals surface area contributed by atoms with Crippen LogP contribution in [0, 0.1) is 0 Å². The van der Waals surface area contributed by atoms with Crippen molar-refractivity contribution in [2.45, 2.75) is 6.04 Å². The van der Waals surface area contributed by atoms with Gasteiger partial charge < -0.3 is 19.6 Å². The zero-order valence-electron chi connectivity index (χ0n) is 10.2. The number of carbonyl (C=O) groups is 2. The molecule has 1 unspecified atom stereocenters. The molecule has 19 heavy (non-hydrogen) atoms. The first-order valence-corrected chi connectivity index (χ1v) is 5.58. The molecule has 2 aromatic rings. The number of imidazole rings is 1. The van der Waals surface area contributed by atoms with Gasteiger partial charge in [-0.25, -0.2) is 9.78 Å². The van der Waals surface area contributed by atoms with Crippen LogP contribution >= 0.6 is 0 Å². The Morgan fingerprint density at radius 2 is 2.32 bits per heavy atom. The van der Waals surface area contributed by atoms with E-state index in [1.54, 1.807) is 28.8 Å². The van der Waals surface area contributed by atoms with E-state index in [9.17, 15) is 9.59 Å².